The summed E-state index contributed by atoms with van der Waals surface area (Å²) in [5.41, 5.74) is 1.34. The van der Waals surface area contributed by atoms with Crippen molar-refractivity contribution in [2.24, 2.45) is 0 Å². The Labute approximate surface area is 147 Å². The van der Waals surface area contributed by atoms with Crippen molar-refractivity contribution < 1.29 is 9.22 Å². The lowest BCUT2D eigenvalue weighted by molar-refractivity contribution is 0.104. The highest BCUT2D eigenvalue weighted by Gasteiger charge is 2.37. The number of hydrogen-bond acceptors (Lipinski definition) is 5. The van der Waals surface area contributed by atoms with Gasteiger partial charge in [0.15, 0.2) is 8.32 Å². The first kappa shape index (κ1) is 18.3. The molecule has 0 bridgehead atoms. The van der Waals surface area contributed by atoms with Crippen molar-refractivity contribution in [3.8, 4) is 0 Å². The van der Waals surface area contributed by atoms with Crippen molar-refractivity contribution in [1.82, 2.24) is 9.97 Å². The summed E-state index contributed by atoms with van der Waals surface area (Å²) in [6.45, 7) is 11.6. The van der Waals surface area contributed by atoms with Crippen LogP contribution in [0.2, 0.25) is 23.3 Å². The van der Waals surface area contributed by atoms with E-state index in [1.54, 1.807) is 0 Å². The maximum atomic E-state index is 12.5. The molecule has 2 aromatic rings. The van der Waals surface area contributed by atoms with E-state index in [0.29, 0.717) is 17.0 Å². The summed E-state index contributed by atoms with van der Waals surface area (Å²) in [4.78, 5) is 20.8. The smallest absolute Gasteiger partial charge is 0.207 e. The number of nitrogens with zero attached hydrogens (tertiary/aromatic N) is 2. The van der Waals surface area contributed by atoms with Crippen LogP contribution in [0.4, 0.5) is 0 Å². The lowest BCUT2D eigenvalue weighted by Crippen LogP contribution is -2.40. The highest BCUT2D eigenvalue weighted by molar-refractivity contribution is 7.12. The Balaban J connectivity index is 2.10. The Hall–Kier alpha value is -1.08. The van der Waals surface area contributed by atoms with Gasteiger partial charge in [-0.3, -0.25) is 4.79 Å². The molecule has 2 aromatic heterocycles. The molecule has 0 saturated carbocycles. The van der Waals surface area contributed by atoms with Gasteiger partial charge in [-0.2, -0.15) is 0 Å². The second-order valence-corrected chi connectivity index (χ2v) is 13.0. The maximum absolute atomic E-state index is 12.5. The maximum Gasteiger partial charge on any atom is 0.207 e. The minimum absolute atomic E-state index is 0.154. The number of carbonyl (C=O) groups excluding carboxylic acids is 1. The van der Waals surface area contributed by atoms with E-state index in [1.165, 1.54) is 23.9 Å². The van der Waals surface area contributed by atoms with E-state index in [-0.39, 0.29) is 16.0 Å². The average Bonchev–Trinajstić information content (AvgIpc) is 2.93. The zero-order valence-corrected chi connectivity index (χ0v) is 16.6. The van der Waals surface area contributed by atoms with Crippen LogP contribution in [0.5, 0.6) is 0 Å². The van der Waals surface area contributed by atoms with Crippen molar-refractivity contribution >= 4 is 37.0 Å². The van der Waals surface area contributed by atoms with E-state index in [1.807, 2.05) is 11.4 Å². The van der Waals surface area contributed by atoms with Crippen LogP contribution in [-0.2, 0) is 11.0 Å². The molecule has 0 unspecified atom stereocenters. The van der Waals surface area contributed by atoms with Gasteiger partial charge < -0.3 is 4.43 Å². The molecule has 0 atom stereocenters. The van der Waals surface area contributed by atoms with Crippen LogP contribution >= 0.6 is 22.9 Å². The molecule has 0 aliphatic rings. The third-order valence-corrected chi connectivity index (χ3v) is 9.95. The summed E-state index contributed by atoms with van der Waals surface area (Å²) in [6.07, 6.45) is 2.77. The molecule has 0 fully saturated rings. The molecule has 0 saturated heterocycles. The van der Waals surface area contributed by atoms with E-state index in [2.05, 4.69) is 43.8 Å². The summed E-state index contributed by atoms with van der Waals surface area (Å²) >= 11 is 7.35. The third-order valence-electron chi connectivity index (χ3n) is 4.19. The molecular weight excluding hydrogens is 348 g/mol. The van der Waals surface area contributed by atoms with Crippen LogP contribution in [0.15, 0.2) is 24.0 Å². The highest BCUT2D eigenvalue weighted by Crippen LogP contribution is 2.37. The summed E-state index contributed by atoms with van der Waals surface area (Å²) in [6, 6.07) is 1.86. The molecule has 7 heteroatoms. The summed E-state index contributed by atoms with van der Waals surface area (Å²) in [7, 11) is -1.80. The van der Waals surface area contributed by atoms with Crippen LogP contribution < -0.4 is 0 Å². The Morgan fingerprint density at radius 1 is 1.39 bits per heavy atom. The molecule has 0 aromatic carbocycles. The van der Waals surface area contributed by atoms with Crippen LogP contribution in [0.3, 0.4) is 0 Å². The molecule has 2 rings (SSSR count). The third kappa shape index (κ3) is 4.26. The number of ketones is 1. The fourth-order valence-corrected chi connectivity index (χ4v) is 3.64. The van der Waals surface area contributed by atoms with Gasteiger partial charge in [-0.15, -0.1) is 11.3 Å². The molecule has 0 spiro atoms. The monoisotopic (exact) mass is 368 g/mol. The second kappa shape index (κ2) is 6.81. The number of thiophene rings is 1. The van der Waals surface area contributed by atoms with Gasteiger partial charge in [-0.1, -0.05) is 32.4 Å². The quantitative estimate of drug-likeness (QED) is 0.426. The first-order chi connectivity index (χ1) is 10.6. The molecular formula is C16H21ClN2O2SSi. The van der Waals surface area contributed by atoms with Gasteiger partial charge in [0.05, 0.1) is 17.0 Å². The molecule has 0 N–H and O–H groups in total. The molecule has 124 valence electrons. The lowest BCUT2D eigenvalue weighted by Gasteiger charge is -2.36. The molecule has 0 radical (unpaired) electrons. The first-order valence-electron chi connectivity index (χ1n) is 7.33. The van der Waals surface area contributed by atoms with E-state index in [4.69, 9.17) is 16.0 Å². The standard InChI is InChI=1S/C16H21ClN2O2SSi/c1-16(2,3)23(4,5)21-8-11-6-13(22-9-11)14(20)12-7-18-10-19-15(12)17/h6-7,9-10H,8H2,1-5H3. The summed E-state index contributed by atoms with van der Waals surface area (Å²) in [5.74, 6) is -0.154. The minimum Gasteiger partial charge on any atom is -0.413 e. The number of halogens is 1. The summed E-state index contributed by atoms with van der Waals surface area (Å²) in [5, 5.41) is 2.30. The van der Waals surface area contributed by atoms with Gasteiger partial charge in [0, 0.05) is 6.20 Å². The van der Waals surface area contributed by atoms with Crippen molar-refractivity contribution in [2.45, 2.75) is 45.5 Å². The van der Waals surface area contributed by atoms with E-state index < -0.39 is 8.32 Å². The Morgan fingerprint density at radius 3 is 2.70 bits per heavy atom. The van der Waals surface area contributed by atoms with Gasteiger partial charge in [0.1, 0.15) is 11.5 Å². The van der Waals surface area contributed by atoms with E-state index in [0.717, 1.165) is 5.56 Å². The van der Waals surface area contributed by atoms with Gasteiger partial charge in [-0.25, -0.2) is 9.97 Å². The second-order valence-electron chi connectivity index (χ2n) is 6.92. The number of rotatable bonds is 5. The predicted octanol–water partition coefficient (Wildman–Crippen LogP) is 4.94. The van der Waals surface area contributed by atoms with Gasteiger partial charge in [0.25, 0.3) is 0 Å². The van der Waals surface area contributed by atoms with Crippen LogP contribution in [0.1, 0.15) is 41.6 Å². The van der Waals surface area contributed by atoms with Crippen LogP contribution in [0, 0.1) is 0 Å². The highest BCUT2D eigenvalue weighted by atomic mass is 35.5. The fraction of sp³-hybridized carbons (Fsp3) is 0.438. The van der Waals surface area contributed by atoms with Crippen molar-refractivity contribution in [1.29, 1.82) is 0 Å². The topological polar surface area (TPSA) is 52.1 Å². The Morgan fingerprint density at radius 2 is 2.09 bits per heavy atom. The number of carbonyl (C=O) groups is 1. The average molecular weight is 369 g/mol. The van der Waals surface area contributed by atoms with Gasteiger partial charge >= 0.3 is 0 Å². The van der Waals surface area contributed by atoms with Crippen LogP contribution in [0.25, 0.3) is 0 Å². The molecule has 4 nitrogen and oxygen atoms in total. The van der Waals surface area contributed by atoms with Crippen molar-refractivity contribution in [3.63, 3.8) is 0 Å². The molecule has 2 heterocycles. The number of aromatic nitrogens is 2. The Kier molecular flexibility index (Phi) is 5.40. The predicted molar refractivity (Wildman–Crippen MR) is 96.8 cm³/mol. The molecule has 0 amide bonds. The van der Waals surface area contributed by atoms with Gasteiger partial charge in [-0.05, 0) is 35.1 Å². The van der Waals surface area contributed by atoms with E-state index >= 15 is 0 Å². The Bertz CT molecular complexity index is 710. The molecule has 0 aliphatic heterocycles. The van der Waals surface area contributed by atoms with E-state index in [9.17, 15) is 4.79 Å². The normalized spacial score (nSPS) is 12.4. The van der Waals surface area contributed by atoms with Crippen molar-refractivity contribution in [3.05, 3.63) is 45.1 Å². The molecule has 0 aliphatic carbocycles. The number of hydrogen-bond donors (Lipinski definition) is 0. The SMILES string of the molecule is CC(C)(C)[Si](C)(C)OCc1csc(C(=O)c2cncnc2Cl)c1. The largest absolute Gasteiger partial charge is 0.413 e. The fourth-order valence-electron chi connectivity index (χ4n) is 1.65. The summed E-state index contributed by atoms with van der Waals surface area (Å²) < 4.78 is 6.19. The molecule has 23 heavy (non-hydrogen) atoms. The zero-order chi connectivity index (χ0) is 17.3. The zero-order valence-electron chi connectivity index (χ0n) is 14.0. The minimum atomic E-state index is -1.80. The van der Waals surface area contributed by atoms with Gasteiger partial charge in [0.2, 0.25) is 5.78 Å². The first-order valence-corrected chi connectivity index (χ1v) is 11.5. The van der Waals surface area contributed by atoms with Crippen molar-refractivity contribution in [2.75, 3.05) is 0 Å². The lowest BCUT2D eigenvalue weighted by atomic mass is 10.2. The van der Waals surface area contributed by atoms with Crippen LogP contribution in [-0.4, -0.2) is 24.1 Å².